The molecule has 19 heteroatoms. The van der Waals surface area contributed by atoms with E-state index in [4.69, 9.17) is 9.72 Å². The Hall–Kier alpha value is -5.97. The number of rotatable bonds is 9. The van der Waals surface area contributed by atoms with Crippen LogP contribution in [0.25, 0.3) is 16.7 Å². The molecule has 63 heavy (non-hydrogen) atoms. The van der Waals surface area contributed by atoms with Crippen molar-refractivity contribution in [3.63, 3.8) is 0 Å². The van der Waals surface area contributed by atoms with E-state index in [1.807, 2.05) is 38.1 Å². The lowest BCUT2D eigenvalue weighted by Crippen LogP contribution is -2.48. The van der Waals surface area contributed by atoms with Gasteiger partial charge in [-0.15, -0.1) is 0 Å². The van der Waals surface area contributed by atoms with Gasteiger partial charge in [-0.1, -0.05) is 17.9 Å². The number of aromatic nitrogens is 7. The number of morpholine rings is 1. The largest absolute Gasteiger partial charge is 0.372 e. The van der Waals surface area contributed by atoms with Crippen LogP contribution in [0.1, 0.15) is 92.5 Å². The molecule has 1 saturated carbocycles. The number of nitrogens with one attached hydrogen (secondary N) is 2. The zero-order chi connectivity index (χ0) is 43.9. The highest BCUT2D eigenvalue weighted by Gasteiger charge is 2.33. The minimum Gasteiger partial charge on any atom is -0.372 e. The van der Waals surface area contributed by atoms with Gasteiger partial charge in [-0.05, 0) is 70.1 Å². The van der Waals surface area contributed by atoms with Crippen molar-refractivity contribution in [1.29, 1.82) is 0 Å². The number of amides is 3. The lowest BCUT2D eigenvalue weighted by atomic mass is 9.85. The Bertz CT molecular complexity index is 2650. The topological polar surface area (TPSA) is 169 Å². The van der Waals surface area contributed by atoms with E-state index in [-0.39, 0.29) is 53.9 Å². The molecular formula is C44H52F2N12O5. The number of benzene rings is 1. The van der Waals surface area contributed by atoms with Crippen molar-refractivity contribution in [3.8, 4) is 11.8 Å². The number of ether oxygens (including phenoxy) is 1. The fourth-order valence-electron chi connectivity index (χ4n) is 9.70. The van der Waals surface area contributed by atoms with E-state index >= 15 is 0 Å². The molecule has 5 aromatic rings. The lowest BCUT2D eigenvalue weighted by molar-refractivity contribution is -0.135. The summed E-state index contributed by atoms with van der Waals surface area (Å²) >= 11 is 0. The fourth-order valence-corrected chi connectivity index (χ4v) is 9.70. The number of fused-ring (bicyclic) bond motifs is 2. The average molecular weight is 867 g/mol. The molecule has 3 amide bonds. The second-order valence-electron chi connectivity index (χ2n) is 17.3. The molecule has 3 aliphatic heterocycles. The fraction of sp³-hybridized carbons (Fsp3) is 0.523. The van der Waals surface area contributed by atoms with Gasteiger partial charge in [0.2, 0.25) is 11.8 Å². The number of piperidine rings is 1. The second-order valence-corrected chi connectivity index (χ2v) is 17.3. The van der Waals surface area contributed by atoms with Gasteiger partial charge in [0.05, 0.1) is 53.3 Å². The molecule has 1 aliphatic carbocycles. The summed E-state index contributed by atoms with van der Waals surface area (Å²) < 4.78 is 40.6. The van der Waals surface area contributed by atoms with Gasteiger partial charge in [0, 0.05) is 71.7 Å². The number of imide groups is 1. The molecule has 4 aliphatic rings. The Labute approximate surface area is 362 Å². The number of para-hydroxylation sites is 1. The van der Waals surface area contributed by atoms with Gasteiger partial charge in [-0.25, -0.2) is 23.1 Å². The van der Waals surface area contributed by atoms with Crippen LogP contribution in [0.4, 0.5) is 20.3 Å². The summed E-state index contributed by atoms with van der Waals surface area (Å²) in [5.41, 5.74) is 1.70. The summed E-state index contributed by atoms with van der Waals surface area (Å²) in [5.74, 6) is 6.35. The third kappa shape index (κ3) is 8.71. The van der Waals surface area contributed by atoms with E-state index in [1.165, 1.54) is 26.0 Å². The molecule has 332 valence electrons. The molecule has 2 N–H and O–H groups in total. The number of hydrogen-bond acceptors (Lipinski definition) is 11. The van der Waals surface area contributed by atoms with Crippen LogP contribution >= 0.6 is 0 Å². The highest BCUT2D eigenvalue weighted by Crippen LogP contribution is 2.36. The number of carbonyl (C=O) groups excluding carboxylic acids is 3. The Morgan fingerprint density at radius 1 is 1.00 bits per heavy atom. The first-order valence-electron chi connectivity index (χ1n) is 21.8. The van der Waals surface area contributed by atoms with E-state index in [9.17, 15) is 28.0 Å². The van der Waals surface area contributed by atoms with Gasteiger partial charge >= 0.3 is 5.69 Å². The van der Waals surface area contributed by atoms with Gasteiger partial charge < -0.3 is 19.9 Å². The molecular weight excluding hydrogens is 815 g/mol. The van der Waals surface area contributed by atoms with Crippen molar-refractivity contribution >= 4 is 45.9 Å². The summed E-state index contributed by atoms with van der Waals surface area (Å²) in [6.07, 6.45) is 5.77. The molecule has 0 spiro atoms. The van der Waals surface area contributed by atoms with Gasteiger partial charge in [-0.2, -0.15) is 10.2 Å². The van der Waals surface area contributed by atoms with Gasteiger partial charge in [0.1, 0.15) is 17.4 Å². The summed E-state index contributed by atoms with van der Waals surface area (Å²) in [5, 5.41) is 13.6. The van der Waals surface area contributed by atoms with Crippen molar-refractivity contribution in [1.82, 2.24) is 48.6 Å². The van der Waals surface area contributed by atoms with Gasteiger partial charge in [0.25, 0.3) is 12.3 Å². The van der Waals surface area contributed by atoms with Crippen LogP contribution in [0.15, 0.2) is 47.7 Å². The monoisotopic (exact) mass is 866 g/mol. The quantitative estimate of drug-likeness (QED) is 0.164. The van der Waals surface area contributed by atoms with E-state index in [1.54, 1.807) is 17.9 Å². The zero-order valence-corrected chi connectivity index (χ0v) is 35.7. The molecule has 0 radical (unpaired) electrons. The summed E-state index contributed by atoms with van der Waals surface area (Å²) in [6.45, 7) is 10.4. The highest BCUT2D eigenvalue weighted by atomic mass is 19.3. The maximum atomic E-state index is 14.3. The van der Waals surface area contributed by atoms with Crippen molar-refractivity contribution in [3.05, 3.63) is 70.2 Å². The standard InChI is InChI=1S/C44H52F2N12O5/c1-27-23-55(24-28(2)63-27)36-15-17-56-41(49-36)32(22-47-56)42(60)48-33-26-57(51-38(33)40(45)46)31-11-9-29(10-12-31)25-54-20-18-53(19-21-54)16-5-7-30-6-4-8-34-39(30)52(3)44(62)58(34)35-13-14-37(59)50-43(35)61/h4,6,8,15,17,22,26-29,31,35,40H,9-14,16,18-21,23-25H2,1-3H3,(H,48,60)(H,50,59,61)/t27-,28-,29-,31-,35?/m0/s1. The van der Waals surface area contributed by atoms with E-state index in [0.29, 0.717) is 53.6 Å². The predicted molar refractivity (Wildman–Crippen MR) is 230 cm³/mol. The Balaban J connectivity index is 0.770. The number of carbonyl (C=O) groups is 3. The van der Waals surface area contributed by atoms with E-state index in [0.717, 1.165) is 58.4 Å². The minimum absolute atomic E-state index is 0.0162. The maximum absolute atomic E-state index is 14.3. The van der Waals surface area contributed by atoms with Crippen LogP contribution in [0, 0.1) is 17.8 Å². The van der Waals surface area contributed by atoms with E-state index < -0.39 is 30.0 Å². The summed E-state index contributed by atoms with van der Waals surface area (Å²) in [7, 11) is 1.67. The first kappa shape index (κ1) is 42.3. The Morgan fingerprint density at radius 3 is 2.48 bits per heavy atom. The molecule has 17 nitrogen and oxygen atoms in total. The molecule has 4 fully saturated rings. The summed E-state index contributed by atoms with van der Waals surface area (Å²) in [6, 6.07) is 6.55. The number of hydrogen-bond donors (Lipinski definition) is 2. The number of piperazine rings is 1. The molecule has 3 saturated heterocycles. The van der Waals surface area contributed by atoms with Crippen LogP contribution in [0.2, 0.25) is 0 Å². The molecule has 7 heterocycles. The van der Waals surface area contributed by atoms with Gasteiger partial charge in [-0.3, -0.25) is 38.4 Å². The number of imidazole rings is 1. The van der Waals surface area contributed by atoms with Crippen molar-refractivity contribution < 1.29 is 27.9 Å². The van der Waals surface area contributed by atoms with Crippen LogP contribution < -0.4 is 21.2 Å². The van der Waals surface area contributed by atoms with Crippen LogP contribution in [-0.2, 0) is 21.4 Å². The molecule has 1 unspecified atom stereocenters. The molecule has 4 aromatic heterocycles. The molecule has 3 atom stereocenters. The number of halogens is 2. The lowest BCUT2D eigenvalue weighted by Gasteiger charge is -2.37. The third-order valence-corrected chi connectivity index (χ3v) is 12.9. The Morgan fingerprint density at radius 2 is 1.75 bits per heavy atom. The maximum Gasteiger partial charge on any atom is 0.329 e. The van der Waals surface area contributed by atoms with Crippen LogP contribution in [-0.4, -0.2) is 126 Å². The third-order valence-electron chi connectivity index (χ3n) is 12.9. The smallest absolute Gasteiger partial charge is 0.329 e. The predicted octanol–water partition coefficient (Wildman–Crippen LogP) is 3.76. The highest BCUT2D eigenvalue weighted by molar-refractivity contribution is 6.08. The number of nitrogens with zero attached hydrogens (tertiary/aromatic N) is 10. The first-order valence-corrected chi connectivity index (χ1v) is 21.8. The summed E-state index contributed by atoms with van der Waals surface area (Å²) in [4.78, 5) is 62.8. The molecule has 1 aromatic carbocycles. The second kappa shape index (κ2) is 17.7. The van der Waals surface area contributed by atoms with Crippen LogP contribution in [0.3, 0.4) is 0 Å². The van der Waals surface area contributed by atoms with Gasteiger partial charge in [0.15, 0.2) is 11.3 Å². The number of alkyl halides is 2. The zero-order valence-electron chi connectivity index (χ0n) is 35.7. The number of aryl methyl sites for hydroxylation is 1. The SMILES string of the molecule is C[C@H]1CN(c2ccn3ncc(C(=O)Nc4cn([C@H]5CC[C@H](CN6CCN(CC#Cc7cccc8c7n(C)c(=O)n8C7CCC(=O)NC7=O)CC6)CC5)nc4C(F)F)c3n2)C[C@H](C)O1. The molecule has 9 rings (SSSR count). The van der Waals surface area contributed by atoms with Crippen LogP contribution in [0.5, 0.6) is 0 Å². The molecule has 0 bridgehead atoms. The Kier molecular flexibility index (Phi) is 11.9. The number of anilines is 2. The normalized spacial score (nSPS) is 23.9. The minimum atomic E-state index is -2.87. The van der Waals surface area contributed by atoms with Crippen molar-refractivity contribution in [2.45, 2.75) is 83.1 Å². The van der Waals surface area contributed by atoms with Crippen molar-refractivity contribution in [2.75, 3.05) is 62.6 Å². The average Bonchev–Trinajstić information content (AvgIpc) is 3.96. The van der Waals surface area contributed by atoms with Crippen molar-refractivity contribution in [2.24, 2.45) is 13.0 Å². The van der Waals surface area contributed by atoms with E-state index in [2.05, 4.69) is 47.4 Å². The first-order chi connectivity index (χ1) is 30.4.